The molecule has 0 aliphatic rings. The number of rotatable bonds is 3. The third-order valence-electron chi connectivity index (χ3n) is 2.07. The quantitative estimate of drug-likeness (QED) is 0.777. The summed E-state index contributed by atoms with van der Waals surface area (Å²) in [5, 5.41) is 0. The van der Waals surface area contributed by atoms with Crippen LogP contribution in [0.15, 0.2) is 64.2 Å². The summed E-state index contributed by atoms with van der Waals surface area (Å²) in [6.45, 7) is 0. The van der Waals surface area contributed by atoms with Crippen LogP contribution in [0.3, 0.4) is 0 Å². The zero-order chi connectivity index (χ0) is 12.1. The summed E-state index contributed by atoms with van der Waals surface area (Å²) in [7, 11) is -3.65. The maximum Gasteiger partial charge on any atom is 0.283 e. The first-order chi connectivity index (χ1) is 8.18. The Morgan fingerprint density at radius 1 is 1.06 bits per heavy atom. The third-order valence-corrected chi connectivity index (χ3v) is 3.29. The fourth-order valence-electron chi connectivity index (χ4n) is 1.23. The number of hydrogen-bond donors (Lipinski definition) is 0. The van der Waals surface area contributed by atoms with Crippen LogP contribution in [-0.4, -0.2) is 19.6 Å². The van der Waals surface area contributed by atoms with Gasteiger partial charge in [-0.3, -0.25) is 4.98 Å². The van der Waals surface area contributed by atoms with E-state index < -0.39 is 10.0 Å². The van der Waals surface area contributed by atoms with Gasteiger partial charge in [-0.05, 0) is 17.7 Å². The highest BCUT2D eigenvalue weighted by Crippen LogP contribution is 2.09. The predicted molar refractivity (Wildman–Crippen MR) is 65.5 cm³/mol. The van der Waals surface area contributed by atoms with Crippen molar-refractivity contribution in [2.24, 2.45) is 4.40 Å². The van der Waals surface area contributed by atoms with E-state index in [1.165, 1.54) is 24.7 Å². The summed E-state index contributed by atoms with van der Waals surface area (Å²) in [6, 6.07) is 12.1. The molecule has 0 aliphatic carbocycles. The van der Waals surface area contributed by atoms with E-state index in [0.29, 0.717) is 0 Å². The predicted octanol–water partition coefficient (Wildman–Crippen LogP) is 1.89. The molecule has 0 atom stereocenters. The van der Waals surface area contributed by atoms with Gasteiger partial charge in [0.1, 0.15) is 4.90 Å². The van der Waals surface area contributed by atoms with Gasteiger partial charge in [0.15, 0.2) is 0 Å². The first-order valence-corrected chi connectivity index (χ1v) is 6.38. The van der Waals surface area contributed by atoms with Crippen LogP contribution in [0.2, 0.25) is 0 Å². The summed E-state index contributed by atoms with van der Waals surface area (Å²) in [5.74, 6) is 0. The monoisotopic (exact) mass is 246 g/mol. The second-order valence-electron chi connectivity index (χ2n) is 3.31. The van der Waals surface area contributed by atoms with Crippen molar-refractivity contribution < 1.29 is 8.42 Å². The van der Waals surface area contributed by atoms with Gasteiger partial charge >= 0.3 is 0 Å². The van der Waals surface area contributed by atoms with Gasteiger partial charge in [-0.25, -0.2) is 0 Å². The minimum Gasteiger partial charge on any atom is -0.263 e. The van der Waals surface area contributed by atoms with E-state index in [0.717, 1.165) is 5.56 Å². The molecular formula is C12H10N2O2S. The van der Waals surface area contributed by atoms with E-state index in [2.05, 4.69) is 9.38 Å². The van der Waals surface area contributed by atoms with Crippen LogP contribution in [-0.2, 0) is 10.0 Å². The van der Waals surface area contributed by atoms with Gasteiger partial charge in [0.05, 0.1) is 0 Å². The molecule has 0 radical (unpaired) electrons. The summed E-state index contributed by atoms with van der Waals surface area (Å²) in [5.41, 5.74) is 0.736. The average Bonchev–Trinajstić information content (AvgIpc) is 2.39. The molecule has 0 N–H and O–H groups in total. The molecule has 0 bridgehead atoms. The summed E-state index contributed by atoms with van der Waals surface area (Å²) >= 11 is 0. The summed E-state index contributed by atoms with van der Waals surface area (Å²) in [4.78, 5) is 3.84. The fourth-order valence-corrected chi connectivity index (χ4v) is 2.06. The minimum absolute atomic E-state index is 0.0900. The minimum atomic E-state index is -3.65. The van der Waals surface area contributed by atoms with Gasteiger partial charge in [0, 0.05) is 18.6 Å². The highest BCUT2D eigenvalue weighted by molar-refractivity contribution is 7.90. The zero-order valence-electron chi connectivity index (χ0n) is 8.89. The van der Waals surface area contributed by atoms with E-state index in [4.69, 9.17) is 0 Å². The molecule has 2 aromatic rings. The lowest BCUT2D eigenvalue weighted by atomic mass is 10.2. The topological polar surface area (TPSA) is 59.4 Å². The molecule has 0 fully saturated rings. The lowest BCUT2D eigenvalue weighted by molar-refractivity contribution is 0.598. The Bertz CT molecular complexity index is 607. The molecule has 1 heterocycles. The number of hydrogen-bond acceptors (Lipinski definition) is 3. The molecule has 0 spiro atoms. The van der Waals surface area contributed by atoms with E-state index in [9.17, 15) is 8.42 Å². The van der Waals surface area contributed by atoms with Crippen LogP contribution in [0.5, 0.6) is 0 Å². The molecule has 1 aromatic carbocycles. The van der Waals surface area contributed by atoms with Crippen LogP contribution in [0.4, 0.5) is 0 Å². The molecule has 17 heavy (non-hydrogen) atoms. The van der Waals surface area contributed by atoms with Crippen LogP contribution in [0, 0.1) is 0 Å². The Morgan fingerprint density at radius 3 is 2.47 bits per heavy atom. The maximum atomic E-state index is 11.8. The van der Waals surface area contributed by atoms with Crippen molar-refractivity contribution in [3.05, 3.63) is 60.4 Å². The molecule has 0 unspecified atom stereocenters. The zero-order valence-corrected chi connectivity index (χ0v) is 9.71. The molecule has 1 aromatic heterocycles. The van der Waals surface area contributed by atoms with Crippen LogP contribution in [0.1, 0.15) is 5.56 Å². The first-order valence-electron chi connectivity index (χ1n) is 4.94. The van der Waals surface area contributed by atoms with Crippen LogP contribution >= 0.6 is 0 Å². The maximum absolute atomic E-state index is 11.8. The van der Waals surface area contributed by atoms with E-state index >= 15 is 0 Å². The fraction of sp³-hybridized carbons (Fsp3) is 0. The van der Waals surface area contributed by atoms with Gasteiger partial charge in [0.25, 0.3) is 10.0 Å². The van der Waals surface area contributed by atoms with E-state index in [1.54, 1.807) is 18.2 Å². The number of nitrogens with zero attached hydrogens (tertiary/aromatic N) is 2. The smallest absolute Gasteiger partial charge is 0.263 e. The Morgan fingerprint density at radius 2 is 1.82 bits per heavy atom. The molecule has 2 rings (SSSR count). The lowest BCUT2D eigenvalue weighted by Gasteiger charge is -1.96. The largest absolute Gasteiger partial charge is 0.283 e. The molecule has 0 aliphatic heterocycles. The highest BCUT2D eigenvalue weighted by atomic mass is 32.2. The second kappa shape index (κ2) is 4.88. The van der Waals surface area contributed by atoms with Crippen LogP contribution < -0.4 is 0 Å². The second-order valence-corrected chi connectivity index (χ2v) is 4.94. The van der Waals surface area contributed by atoms with Crippen molar-refractivity contribution in [3.8, 4) is 0 Å². The summed E-state index contributed by atoms with van der Waals surface area (Å²) in [6.07, 6.45) is 4.11. The van der Waals surface area contributed by atoms with Crippen LogP contribution in [0.25, 0.3) is 0 Å². The van der Waals surface area contributed by atoms with Gasteiger partial charge in [0.2, 0.25) is 0 Å². The van der Waals surface area contributed by atoms with Crippen molar-refractivity contribution in [2.75, 3.05) is 0 Å². The number of benzene rings is 1. The molecule has 0 amide bonds. The number of sulfonamides is 1. The van der Waals surface area contributed by atoms with Gasteiger partial charge in [-0.1, -0.05) is 30.3 Å². The average molecular weight is 246 g/mol. The number of pyridine rings is 1. The molecule has 4 nitrogen and oxygen atoms in total. The Balaban J connectivity index is 2.28. The Hall–Kier alpha value is -2.01. The normalized spacial score (nSPS) is 11.8. The Kier molecular flexibility index (Phi) is 3.30. The van der Waals surface area contributed by atoms with Crippen molar-refractivity contribution in [1.82, 2.24) is 4.98 Å². The molecule has 86 valence electrons. The standard InChI is InChI=1S/C12H10N2O2S/c15-17(16,12-7-4-8-13-10-12)14-9-11-5-2-1-3-6-11/h1-10H. The van der Waals surface area contributed by atoms with Gasteiger partial charge < -0.3 is 0 Å². The molecular weight excluding hydrogens is 236 g/mol. The van der Waals surface area contributed by atoms with Gasteiger partial charge in [-0.2, -0.15) is 12.8 Å². The molecule has 0 saturated carbocycles. The lowest BCUT2D eigenvalue weighted by Crippen LogP contribution is -1.98. The Labute approximate surface area is 99.7 Å². The number of aromatic nitrogens is 1. The van der Waals surface area contributed by atoms with Crippen molar-refractivity contribution in [3.63, 3.8) is 0 Å². The SMILES string of the molecule is O=S(=O)(N=Cc1ccccc1)c1cccnc1. The molecule has 0 saturated heterocycles. The third kappa shape index (κ3) is 2.98. The van der Waals surface area contributed by atoms with E-state index in [-0.39, 0.29) is 4.90 Å². The highest BCUT2D eigenvalue weighted by Gasteiger charge is 2.10. The van der Waals surface area contributed by atoms with Crippen molar-refractivity contribution in [2.45, 2.75) is 4.90 Å². The molecule has 5 heteroatoms. The van der Waals surface area contributed by atoms with Gasteiger partial charge in [-0.15, -0.1) is 0 Å². The first kappa shape index (κ1) is 11.5. The van der Waals surface area contributed by atoms with Crippen molar-refractivity contribution >= 4 is 16.2 Å². The summed E-state index contributed by atoms with van der Waals surface area (Å²) < 4.78 is 27.1. The van der Waals surface area contributed by atoms with E-state index in [1.807, 2.05) is 18.2 Å². The van der Waals surface area contributed by atoms with Crippen molar-refractivity contribution in [1.29, 1.82) is 0 Å².